The van der Waals surface area contributed by atoms with Crippen LogP contribution in [0, 0.1) is 11.8 Å². The van der Waals surface area contributed by atoms with Gasteiger partial charge < -0.3 is 9.84 Å². The van der Waals surface area contributed by atoms with Gasteiger partial charge >= 0.3 is 5.97 Å². The van der Waals surface area contributed by atoms with Crippen molar-refractivity contribution in [3.63, 3.8) is 0 Å². The number of hydrogen-bond donors (Lipinski definition) is 1. The van der Waals surface area contributed by atoms with E-state index in [0.717, 1.165) is 6.42 Å². The predicted octanol–water partition coefficient (Wildman–Crippen LogP) is 1.99. The highest BCUT2D eigenvalue weighted by Crippen LogP contribution is 2.38. The zero-order valence-electron chi connectivity index (χ0n) is 7.68. The molecule has 1 aromatic heterocycles. The minimum Gasteiger partial charge on any atom is -0.481 e. The Kier molecular flexibility index (Phi) is 2.84. The summed E-state index contributed by atoms with van der Waals surface area (Å²) >= 11 is 1.65. The van der Waals surface area contributed by atoms with E-state index in [0.29, 0.717) is 13.2 Å². The molecule has 76 valence electrons. The topological polar surface area (TPSA) is 46.5 Å². The van der Waals surface area contributed by atoms with Crippen LogP contribution in [0.15, 0.2) is 16.8 Å². The van der Waals surface area contributed by atoms with Gasteiger partial charge in [-0.2, -0.15) is 11.3 Å². The second-order valence-corrected chi connectivity index (χ2v) is 4.37. The Bertz CT molecular complexity index is 307. The van der Waals surface area contributed by atoms with Gasteiger partial charge in [0.1, 0.15) is 0 Å². The predicted molar refractivity (Wildman–Crippen MR) is 53.2 cm³/mol. The molecule has 1 aliphatic rings. The van der Waals surface area contributed by atoms with Gasteiger partial charge in [-0.05, 0) is 34.7 Å². The van der Waals surface area contributed by atoms with Crippen LogP contribution >= 0.6 is 11.3 Å². The van der Waals surface area contributed by atoms with Crippen molar-refractivity contribution >= 4 is 17.3 Å². The molecule has 1 heterocycles. The van der Waals surface area contributed by atoms with Crippen LogP contribution < -0.4 is 0 Å². The molecular formula is C10H12O3S. The van der Waals surface area contributed by atoms with E-state index in [1.807, 2.05) is 16.8 Å². The average Bonchev–Trinajstić information content (AvgIpc) is 2.73. The number of hydrogen-bond acceptors (Lipinski definition) is 3. The standard InChI is InChI=1S/C10H12O3S/c11-10(12)9-3-8(9)5-13-4-7-1-2-14-6-7/h1-2,6,8-9H,3-5H2,(H,11,12). The molecule has 0 bridgehead atoms. The molecule has 0 saturated heterocycles. The molecule has 1 N–H and O–H groups in total. The highest BCUT2D eigenvalue weighted by atomic mass is 32.1. The monoisotopic (exact) mass is 212 g/mol. The van der Waals surface area contributed by atoms with Gasteiger partial charge in [0.15, 0.2) is 0 Å². The van der Waals surface area contributed by atoms with Crippen molar-refractivity contribution in [3.05, 3.63) is 22.4 Å². The van der Waals surface area contributed by atoms with Crippen LogP contribution in [-0.2, 0) is 16.1 Å². The average molecular weight is 212 g/mol. The smallest absolute Gasteiger partial charge is 0.306 e. The van der Waals surface area contributed by atoms with Gasteiger partial charge in [0.25, 0.3) is 0 Å². The molecule has 2 rings (SSSR count). The third-order valence-electron chi connectivity index (χ3n) is 2.42. The lowest BCUT2D eigenvalue weighted by Gasteiger charge is -2.00. The highest BCUT2D eigenvalue weighted by Gasteiger charge is 2.43. The van der Waals surface area contributed by atoms with Crippen molar-refractivity contribution in [2.24, 2.45) is 11.8 Å². The maximum atomic E-state index is 10.5. The van der Waals surface area contributed by atoms with E-state index in [1.165, 1.54) is 5.56 Å². The lowest BCUT2D eigenvalue weighted by Crippen LogP contribution is -2.04. The molecule has 1 saturated carbocycles. The lowest BCUT2D eigenvalue weighted by atomic mass is 10.3. The van der Waals surface area contributed by atoms with E-state index in [4.69, 9.17) is 9.84 Å². The first kappa shape index (κ1) is 9.68. The van der Waals surface area contributed by atoms with E-state index >= 15 is 0 Å². The van der Waals surface area contributed by atoms with E-state index in [9.17, 15) is 4.79 Å². The largest absolute Gasteiger partial charge is 0.481 e. The fourth-order valence-electron chi connectivity index (χ4n) is 1.44. The van der Waals surface area contributed by atoms with Gasteiger partial charge in [0, 0.05) is 0 Å². The minimum atomic E-state index is -0.686. The summed E-state index contributed by atoms with van der Waals surface area (Å²) in [6.45, 7) is 1.18. The molecule has 0 spiro atoms. The second-order valence-electron chi connectivity index (χ2n) is 3.59. The van der Waals surface area contributed by atoms with Crippen LogP contribution in [0.3, 0.4) is 0 Å². The zero-order chi connectivity index (χ0) is 9.97. The summed E-state index contributed by atoms with van der Waals surface area (Å²) in [5.41, 5.74) is 1.17. The van der Waals surface area contributed by atoms with Gasteiger partial charge in [0.05, 0.1) is 19.1 Å². The Morgan fingerprint density at radius 1 is 1.71 bits per heavy atom. The first-order valence-corrected chi connectivity index (χ1v) is 5.53. The molecule has 0 aromatic carbocycles. The van der Waals surface area contributed by atoms with Gasteiger partial charge in [-0.15, -0.1) is 0 Å². The maximum Gasteiger partial charge on any atom is 0.306 e. The molecule has 1 aliphatic carbocycles. The first-order chi connectivity index (χ1) is 6.77. The molecule has 1 aromatic rings. The summed E-state index contributed by atoms with van der Waals surface area (Å²) in [6.07, 6.45) is 0.777. The number of ether oxygens (including phenoxy) is 1. The van der Waals surface area contributed by atoms with Crippen molar-refractivity contribution in [1.82, 2.24) is 0 Å². The van der Waals surface area contributed by atoms with Crippen LogP contribution in [0.2, 0.25) is 0 Å². The summed E-state index contributed by atoms with van der Waals surface area (Å²) < 4.78 is 5.43. The van der Waals surface area contributed by atoms with E-state index in [2.05, 4.69) is 0 Å². The zero-order valence-corrected chi connectivity index (χ0v) is 8.50. The lowest BCUT2D eigenvalue weighted by molar-refractivity contribution is -0.139. The summed E-state index contributed by atoms with van der Waals surface area (Å²) in [5, 5.41) is 12.7. The molecule has 1 fully saturated rings. The Morgan fingerprint density at radius 3 is 3.14 bits per heavy atom. The van der Waals surface area contributed by atoms with Gasteiger partial charge in [-0.1, -0.05) is 0 Å². The molecule has 0 amide bonds. The summed E-state index contributed by atoms with van der Waals surface area (Å²) in [6, 6.07) is 2.02. The van der Waals surface area contributed by atoms with Crippen molar-refractivity contribution in [2.45, 2.75) is 13.0 Å². The second kappa shape index (κ2) is 4.11. The van der Waals surface area contributed by atoms with Crippen molar-refractivity contribution in [1.29, 1.82) is 0 Å². The number of aliphatic carboxylic acids is 1. The Labute approximate surface area is 86.3 Å². The Hall–Kier alpha value is -0.870. The SMILES string of the molecule is O=C(O)C1CC1COCc1ccsc1. The molecule has 0 radical (unpaired) electrons. The van der Waals surface area contributed by atoms with E-state index in [-0.39, 0.29) is 11.8 Å². The number of rotatable bonds is 5. The maximum absolute atomic E-state index is 10.5. The Morgan fingerprint density at radius 2 is 2.57 bits per heavy atom. The molecule has 3 nitrogen and oxygen atoms in total. The van der Waals surface area contributed by atoms with Gasteiger partial charge in [-0.3, -0.25) is 4.79 Å². The summed E-state index contributed by atoms with van der Waals surface area (Å²) in [7, 11) is 0. The van der Waals surface area contributed by atoms with E-state index < -0.39 is 5.97 Å². The summed E-state index contributed by atoms with van der Waals surface area (Å²) in [5.74, 6) is -0.599. The van der Waals surface area contributed by atoms with Gasteiger partial charge in [0.2, 0.25) is 0 Å². The van der Waals surface area contributed by atoms with E-state index in [1.54, 1.807) is 11.3 Å². The number of carboxylic acid groups (broad SMARTS) is 1. The summed E-state index contributed by atoms with van der Waals surface area (Å²) in [4.78, 5) is 10.5. The molecular weight excluding hydrogens is 200 g/mol. The number of thiophene rings is 1. The molecule has 14 heavy (non-hydrogen) atoms. The quantitative estimate of drug-likeness (QED) is 0.811. The van der Waals surface area contributed by atoms with Crippen LogP contribution in [0.1, 0.15) is 12.0 Å². The number of carboxylic acids is 1. The molecule has 2 atom stereocenters. The van der Waals surface area contributed by atoms with Crippen LogP contribution in [0.4, 0.5) is 0 Å². The van der Waals surface area contributed by atoms with Gasteiger partial charge in [-0.25, -0.2) is 0 Å². The fraction of sp³-hybridized carbons (Fsp3) is 0.500. The van der Waals surface area contributed by atoms with Crippen molar-refractivity contribution in [3.8, 4) is 0 Å². The third kappa shape index (κ3) is 2.33. The van der Waals surface area contributed by atoms with Crippen molar-refractivity contribution in [2.75, 3.05) is 6.61 Å². The normalized spacial score (nSPS) is 24.9. The minimum absolute atomic E-state index is 0.155. The van der Waals surface area contributed by atoms with Crippen LogP contribution in [0.25, 0.3) is 0 Å². The van der Waals surface area contributed by atoms with Crippen molar-refractivity contribution < 1.29 is 14.6 Å². The Balaban J connectivity index is 1.63. The highest BCUT2D eigenvalue weighted by molar-refractivity contribution is 7.07. The number of carbonyl (C=O) groups is 1. The molecule has 0 aliphatic heterocycles. The third-order valence-corrected chi connectivity index (χ3v) is 3.15. The fourth-order valence-corrected chi connectivity index (χ4v) is 2.09. The van der Waals surface area contributed by atoms with Crippen LogP contribution in [-0.4, -0.2) is 17.7 Å². The molecule has 2 unspecified atom stereocenters. The first-order valence-electron chi connectivity index (χ1n) is 4.59. The van der Waals surface area contributed by atoms with Crippen LogP contribution in [0.5, 0.6) is 0 Å². The molecule has 4 heteroatoms.